The zero-order chi connectivity index (χ0) is 14.4. The van der Waals surface area contributed by atoms with Crippen LogP contribution in [0.4, 0.5) is 0 Å². The Bertz CT molecular complexity index is 657. The van der Waals surface area contributed by atoms with Crippen LogP contribution < -0.4 is 0 Å². The van der Waals surface area contributed by atoms with E-state index in [1.807, 2.05) is 36.4 Å². The predicted molar refractivity (Wildman–Crippen MR) is 78.6 cm³/mol. The second kappa shape index (κ2) is 6.78. The second-order valence-electron chi connectivity index (χ2n) is 4.33. The lowest BCUT2D eigenvalue weighted by atomic mass is 10.1. The van der Waals surface area contributed by atoms with E-state index in [1.165, 1.54) is 0 Å². The van der Waals surface area contributed by atoms with Crippen molar-refractivity contribution in [3.05, 3.63) is 71.3 Å². The van der Waals surface area contributed by atoms with Crippen LogP contribution in [0.2, 0.25) is 0 Å². The molecule has 0 aliphatic carbocycles. The van der Waals surface area contributed by atoms with E-state index < -0.39 is 10.8 Å². The number of nitrogens with zero attached hydrogens (tertiary/aromatic N) is 1. The molecule has 0 saturated heterocycles. The molecule has 100 valence electrons. The van der Waals surface area contributed by atoms with E-state index >= 15 is 0 Å². The summed E-state index contributed by atoms with van der Waals surface area (Å²) >= 11 is 0. The zero-order valence-electron chi connectivity index (χ0n) is 10.8. The van der Waals surface area contributed by atoms with E-state index in [1.54, 1.807) is 24.3 Å². The van der Waals surface area contributed by atoms with Crippen LogP contribution in [0.25, 0.3) is 0 Å². The fourth-order valence-corrected chi connectivity index (χ4v) is 2.90. The summed E-state index contributed by atoms with van der Waals surface area (Å²) in [5.74, 6) is 0.215. The van der Waals surface area contributed by atoms with Crippen LogP contribution in [0, 0.1) is 11.3 Å². The van der Waals surface area contributed by atoms with Gasteiger partial charge in [-0.25, -0.2) is 0 Å². The minimum Gasteiger partial charge on any atom is -0.293 e. The van der Waals surface area contributed by atoms with Crippen molar-refractivity contribution in [2.75, 3.05) is 5.75 Å². The van der Waals surface area contributed by atoms with Gasteiger partial charge < -0.3 is 0 Å². The van der Waals surface area contributed by atoms with Gasteiger partial charge in [0.25, 0.3) is 0 Å². The smallest absolute Gasteiger partial charge is 0.175 e. The molecule has 0 fully saturated rings. The Kier molecular flexibility index (Phi) is 4.80. The van der Waals surface area contributed by atoms with Crippen LogP contribution in [-0.2, 0) is 16.6 Å². The lowest BCUT2D eigenvalue weighted by Crippen LogP contribution is -2.12. The topological polar surface area (TPSA) is 57.9 Å². The normalized spacial score (nSPS) is 11.6. The quantitative estimate of drug-likeness (QED) is 0.793. The molecule has 4 heteroatoms. The Balaban J connectivity index is 1.97. The highest BCUT2D eigenvalue weighted by Crippen LogP contribution is 2.08. The van der Waals surface area contributed by atoms with Crippen LogP contribution in [0.3, 0.4) is 0 Å². The number of nitriles is 1. The van der Waals surface area contributed by atoms with Crippen molar-refractivity contribution in [2.24, 2.45) is 0 Å². The molecule has 0 spiro atoms. The fraction of sp³-hybridized carbons (Fsp3) is 0.125. The maximum absolute atomic E-state index is 12.0. The van der Waals surface area contributed by atoms with Gasteiger partial charge in [0.15, 0.2) is 5.78 Å². The first-order valence-corrected chi connectivity index (χ1v) is 7.60. The van der Waals surface area contributed by atoms with Gasteiger partial charge in [0.2, 0.25) is 0 Å². The molecule has 2 aromatic carbocycles. The third kappa shape index (κ3) is 3.87. The number of carbonyl (C=O) groups is 1. The molecule has 0 bridgehead atoms. The van der Waals surface area contributed by atoms with E-state index in [4.69, 9.17) is 5.26 Å². The molecule has 0 radical (unpaired) electrons. The molecule has 1 atom stereocenters. The maximum Gasteiger partial charge on any atom is 0.175 e. The van der Waals surface area contributed by atoms with Gasteiger partial charge in [-0.2, -0.15) is 5.26 Å². The number of Topliss-reactive ketones (excluding diaryl/α,β-unsaturated/α-hetero) is 1. The summed E-state index contributed by atoms with van der Waals surface area (Å²) < 4.78 is 12.0. The average molecular weight is 283 g/mol. The van der Waals surface area contributed by atoms with Gasteiger partial charge in [0, 0.05) is 22.1 Å². The first-order valence-electron chi connectivity index (χ1n) is 6.11. The lowest BCUT2D eigenvalue weighted by molar-refractivity contribution is 0.102. The molecule has 0 heterocycles. The molecular formula is C16H13NO2S. The molecule has 0 aromatic heterocycles. The molecule has 0 N–H and O–H groups in total. The molecule has 20 heavy (non-hydrogen) atoms. The molecule has 0 aliphatic heterocycles. The molecule has 2 rings (SSSR count). The van der Waals surface area contributed by atoms with Gasteiger partial charge in [0.1, 0.15) is 0 Å². The Labute approximate surface area is 120 Å². The van der Waals surface area contributed by atoms with Gasteiger partial charge in [-0.15, -0.1) is 0 Å². The summed E-state index contributed by atoms with van der Waals surface area (Å²) in [7, 11) is -1.22. The minimum absolute atomic E-state index is 0.000788. The molecule has 2 aromatic rings. The highest BCUT2D eigenvalue weighted by molar-refractivity contribution is 7.85. The maximum atomic E-state index is 12.0. The van der Waals surface area contributed by atoms with E-state index in [2.05, 4.69) is 0 Å². The van der Waals surface area contributed by atoms with Gasteiger partial charge in [-0.05, 0) is 17.7 Å². The largest absolute Gasteiger partial charge is 0.293 e. The Hall–Kier alpha value is -2.25. The molecule has 3 nitrogen and oxygen atoms in total. The van der Waals surface area contributed by atoms with Gasteiger partial charge in [-0.3, -0.25) is 9.00 Å². The minimum atomic E-state index is -1.22. The van der Waals surface area contributed by atoms with Crippen LogP contribution >= 0.6 is 0 Å². The summed E-state index contributed by atoms with van der Waals surface area (Å²) in [6.45, 7) is 0. The summed E-state index contributed by atoms with van der Waals surface area (Å²) in [5.41, 5.74) is 1.95. The van der Waals surface area contributed by atoms with Crippen molar-refractivity contribution < 1.29 is 9.00 Å². The molecule has 1 unspecified atom stereocenters. The lowest BCUT2D eigenvalue weighted by Gasteiger charge is -2.03. The number of benzene rings is 2. The summed E-state index contributed by atoms with van der Waals surface area (Å²) in [4.78, 5) is 12.0. The Morgan fingerprint density at radius 2 is 1.70 bits per heavy atom. The van der Waals surface area contributed by atoms with Crippen LogP contribution in [-0.4, -0.2) is 15.7 Å². The molecule has 0 aliphatic rings. The van der Waals surface area contributed by atoms with E-state index in [-0.39, 0.29) is 11.5 Å². The Morgan fingerprint density at radius 3 is 2.30 bits per heavy atom. The zero-order valence-corrected chi connectivity index (χ0v) is 11.6. The van der Waals surface area contributed by atoms with E-state index in [9.17, 15) is 9.00 Å². The molecular weight excluding hydrogens is 270 g/mol. The van der Waals surface area contributed by atoms with Gasteiger partial charge in [0.05, 0.1) is 17.4 Å². The SMILES string of the molecule is N#Cc1ccc(C(=O)CS(=O)Cc2ccccc2)cc1. The van der Waals surface area contributed by atoms with E-state index in [0.29, 0.717) is 16.9 Å². The Morgan fingerprint density at radius 1 is 1.05 bits per heavy atom. The van der Waals surface area contributed by atoms with Crippen molar-refractivity contribution in [3.8, 4) is 6.07 Å². The number of hydrogen-bond donors (Lipinski definition) is 0. The third-order valence-electron chi connectivity index (χ3n) is 2.80. The highest BCUT2D eigenvalue weighted by atomic mass is 32.2. The summed E-state index contributed by atoms with van der Waals surface area (Å²) in [5, 5.41) is 8.69. The number of ketones is 1. The van der Waals surface area contributed by atoms with Crippen molar-refractivity contribution in [1.82, 2.24) is 0 Å². The van der Waals surface area contributed by atoms with Gasteiger partial charge >= 0.3 is 0 Å². The number of rotatable bonds is 5. The first-order chi connectivity index (χ1) is 9.69. The van der Waals surface area contributed by atoms with Crippen molar-refractivity contribution in [3.63, 3.8) is 0 Å². The van der Waals surface area contributed by atoms with Crippen molar-refractivity contribution >= 4 is 16.6 Å². The monoisotopic (exact) mass is 283 g/mol. The van der Waals surface area contributed by atoms with Crippen LogP contribution in [0.5, 0.6) is 0 Å². The molecule has 0 saturated carbocycles. The van der Waals surface area contributed by atoms with Crippen molar-refractivity contribution in [1.29, 1.82) is 5.26 Å². The average Bonchev–Trinajstić information content (AvgIpc) is 2.48. The summed E-state index contributed by atoms with van der Waals surface area (Å²) in [6.07, 6.45) is 0. The number of carbonyl (C=O) groups excluding carboxylic acids is 1. The van der Waals surface area contributed by atoms with Crippen LogP contribution in [0.15, 0.2) is 54.6 Å². The summed E-state index contributed by atoms with van der Waals surface area (Å²) in [6, 6.07) is 17.8. The van der Waals surface area contributed by atoms with E-state index in [0.717, 1.165) is 5.56 Å². The van der Waals surface area contributed by atoms with Crippen LogP contribution in [0.1, 0.15) is 21.5 Å². The number of hydrogen-bond acceptors (Lipinski definition) is 3. The standard InChI is InChI=1S/C16H13NO2S/c17-10-13-6-8-15(9-7-13)16(18)12-20(19)11-14-4-2-1-3-5-14/h1-9H,11-12H2. The second-order valence-corrected chi connectivity index (χ2v) is 5.78. The predicted octanol–water partition coefficient (Wildman–Crippen LogP) is 2.69. The van der Waals surface area contributed by atoms with Gasteiger partial charge in [-0.1, -0.05) is 42.5 Å². The van der Waals surface area contributed by atoms with Crippen molar-refractivity contribution in [2.45, 2.75) is 5.75 Å². The fourth-order valence-electron chi connectivity index (χ4n) is 1.77. The third-order valence-corrected chi connectivity index (χ3v) is 4.04. The highest BCUT2D eigenvalue weighted by Gasteiger charge is 2.11. The first kappa shape index (κ1) is 14.2. The molecule has 0 amide bonds.